The predicted octanol–water partition coefficient (Wildman–Crippen LogP) is 3.38. The third kappa shape index (κ3) is 4.96. The Morgan fingerprint density at radius 2 is 1.94 bits per heavy atom. The van der Waals surface area contributed by atoms with Crippen LogP contribution in [0.2, 0.25) is 0 Å². The van der Waals surface area contributed by atoms with E-state index >= 15 is 0 Å². The highest BCUT2D eigenvalue weighted by Crippen LogP contribution is 2.15. The molecule has 0 aliphatic heterocycles. The number of aryl methyl sites for hydroxylation is 2. The Hall–Kier alpha value is -1.31. The lowest BCUT2D eigenvalue weighted by atomic mass is 10.0. The second kappa shape index (κ2) is 7.91. The van der Waals surface area contributed by atoms with Crippen molar-refractivity contribution in [2.24, 2.45) is 0 Å². The van der Waals surface area contributed by atoms with Gasteiger partial charge in [0, 0.05) is 12.1 Å². The van der Waals surface area contributed by atoms with E-state index in [1.807, 2.05) is 26.0 Å². The van der Waals surface area contributed by atoms with Crippen LogP contribution in [0.1, 0.15) is 45.2 Å². The lowest BCUT2D eigenvalue weighted by Gasteiger charge is -2.05. The maximum absolute atomic E-state index is 10.8. The van der Waals surface area contributed by atoms with Crippen LogP contribution in [0.25, 0.3) is 0 Å². The standard InChI is InChI=1S/C12H17NO.C2H6/c1-3-11-8-10(5-4-9(2)14)6-7-12(11)13;1-2/h6-8H,3-5,13H2,1-2H3;1-2H3. The molecule has 90 valence electrons. The van der Waals surface area contributed by atoms with Gasteiger partial charge in [0.05, 0.1) is 0 Å². The van der Waals surface area contributed by atoms with Crippen molar-refractivity contribution >= 4 is 11.5 Å². The molecule has 0 amide bonds. The van der Waals surface area contributed by atoms with Crippen LogP contribution in [0.15, 0.2) is 18.2 Å². The topological polar surface area (TPSA) is 43.1 Å². The van der Waals surface area contributed by atoms with Crippen LogP contribution in [0.4, 0.5) is 5.69 Å². The van der Waals surface area contributed by atoms with Crippen LogP contribution in [0, 0.1) is 0 Å². The Kier molecular flexibility index (Phi) is 7.27. The first-order valence-electron chi connectivity index (χ1n) is 6.00. The van der Waals surface area contributed by atoms with Crippen LogP contribution in [0.5, 0.6) is 0 Å². The van der Waals surface area contributed by atoms with E-state index in [1.54, 1.807) is 6.92 Å². The van der Waals surface area contributed by atoms with E-state index in [-0.39, 0.29) is 5.78 Å². The van der Waals surface area contributed by atoms with Gasteiger partial charge < -0.3 is 10.5 Å². The minimum absolute atomic E-state index is 0.236. The molecule has 0 unspecified atom stereocenters. The van der Waals surface area contributed by atoms with Crippen LogP contribution < -0.4 is 5.73 Å². The highest BCUT2D eigenvalue weighted by atomic mass is 16.1. The van der Waals surface area contributed by atoms with E-state index in [1.165, 1.54) is 11.1 Å². The Bertz CT molecular complexity index is 332. The Morgan fingerprint density at radius 1 is 1.31 bits per heavy atom. The second-order valence-electron chi connectivity index (χ2n) is 3.59. The first-order chi connectivity index (χ1) is 7.63. The molecule has 0 atom stereocenters. The van der Waals surface area contributed by atoms with E-state index in [9.17, 15) is 4.79 Å². The summed E-state index contributed by atoms with van der Waals surface area (Å²) in [4.78, 5) is 10.8. The summed E-state index contributed by atoms with van der Waals surface area (Å²) in [5.74, 6) is 0.236. The van der Waals surface area contributed by atoms with Crippen molar-refractivity contribution in [2.75, 3.05) is 5.73 Å². The number of anilines is 1. The van der Waals surface area contributed by atoms with Gasteiger partial charge in [-0.3, -0.25) is 0 Å². The number of carbonyl (C=O) groups is 1. The van der Waals surface area contributed by atoms with Gasteiger partial charge in [-0.2, -0.15) is 0 Å². The molecule has 0 aliphatic rings. The van der Waals surface area contributed by atoms with Gasteiger partial charge in [0.15, 0.2) is 0 Å². The van der Waals surface area contributed by atoms with Gasteiger partial charge in [-0.1, -0.05) is 32.9 Å². The molecular formula is C14H23NO. The quantitative estimate of drug-likeness (QED) is 0.792. The molecule has 0 aromatic heterocycles. The van der Waals surface area contributed by atoms with Crippen molar-refractivity contribution in [3.63, 3.8) is 0 Å². The summed E-state index contributed by atoms with van der Waals surface area (Å²) in [6, 6.07) is 6.02. The average molecular weight is 221 g/mol. The maximum atomic E-state index is 10.8. The van der Waals surface area contributed by atoms with Crippen molar-refractivity contribution in [1.29, 1.82) is 0 Å². The van der Waals surface area contributed by atoms with Crippen molar-refractivity contribution in [3.05, 3.63) is 29.3 Å². The molecule has 1 aromatic rings. The number of hydrogen-bond donors (Lipinski definition) is 1. The summed E-state index contributed by atoms with van der Waals surface area (Å²) >= 11 is 0. The number of nitrogen functional groups attached to an aromatic ring is 1. The van der Waals surface area contributed by atoms with Crippen LogP contribution >= 0.6 is 0 Å². The summed E-state index contributed by atoms with van der Waals surface area (Å²) < 4.78 is 0. The van der Waals surface area contributed by atoms with Crippen molar-refractivity contribution in [2.45, 2.75) is 47.0 Å². The van der Waals surface area contributed by atoms with Gasteiger partial charge in [0.25, 0.3) is 0 Å². The van der Waals surface area contributed by atoms with Crippen molar-refractivity contribution < 1.29 is 4.79 Å². The van der Waals surface area contributed by atoms with E-state index in [0.29, 0.717) is 6.42 Å². The van der Waals surface area contributed by atoms with E-state index < -0.39 is 0 Å². The molecule has 0 fully saturated rings. The summed E-state index contributed by atoms with van der Waals surface area (Å²) in [6.45, 7) is 7.71. The van der Waals surface area contributed by atoms with Crippen molar-refractivity contribution in [3.8, 4) is 0 Å². The molecule has 2 nitrogen and oxygen atoms in total. The number of rotatable bonds is 4. The minimum atomic E-state index is 0.236. The zero-order valence-electron chi connectivity index (χ0n) is 10.8. The number of ketones is 1. The first-order valence-corrected chi connectivity index (χ1v) is 6.00. The fraction of sp³-hybridized carbons (Fsp3) is 0.500. The van der Waals surface area contributed by atoms with E-state index in [2.05, 4.69) is 13.0 Å². The number of nitrogens with two attached hydrogens (primary N) is 1. The van der Waals surface area contributed by atoms with Gasteiger partial charge in [-0.05, 0) is 37.0 Å². The normalized spacial score (nSPS) is 9.25. The molecule has 1 aromatic carbocycles. The number of Topliss-reactive ketones (excluding diaryl/α,β-unsaturated/α-hetero) is 1. The van der Waals surface area contributed by atoms with Crippen LogP contribution in [0.3, 0.4) is 0 Å². The fourth-order valence-corrected chi connectivity index (χ4v) is 1.44. The molecule has 0 bridgehead atoms. The molecule has 0 radical (unpaired) electrons. The molecule has 0 saturated carbocycles. The van der Waals surface area contributed by atoms with Crippen molar-refractivity contribution in [1.82, 2.24) is 0 Å². The van der Waals surface area contributed by atoms with Gasteiger partial charge >= 0.3 is 0 Å². The highest BCUT2D eigenvalue weighted by Gasteiger charge is 2.00. The largest absolute Gasteiger partial charge is 0.399 e. The second-order valence-corrected chi connectivity index (χ2v) is 3.59. The SMILES string of the molecule is CC.CCc1cc(CCC(C)=O)ccc1N. The lowest BCUT2D eigenvalue weighted by Crippen LogP contribution is -1.97. The van der Waals surface area contributed by atoms with Gasteiger partial charge in [-0.15, -0.1) is 0 Å². The monoisotopic (exact) mass is 221 g/mol. The first kappa shape index (κ1) is 14.7. The fourth-order valence-electron chi connectivity index (χ4n) is 1.44. The molecule has 0 spiro atoms. The Morgan fingerprint density at radius 3 is 2.44 bits per heavy atom. The molecular weight excluding hydrogens is 198 g/mol. The van der Waals surface area contributed by atoms with Crippen LogP contribution in [-0.4, -0.2) is 5.78 Å². The van der Waals surface area contributed by atoms with E-state index in [0.717, 1.165) is 18.5 Å². The number of hydrogen-bond acceptors (Lipinski definition) is 2. The average Bonchev–Trinajstić information content (AvgIpc) is 2.30. The number of carbonyl (C=O) groups excluding carboxylic acids is 1. The molecule has 16 heavy (non-hydrogen) atoms. The molecule has 0 saturated heterocycles. The minimum Gasteiger partial charge on any atom is -0.399 e. The third-order valence-electron chi connectivity index (χ3n) is 2.35. The third-order valence-corrected chi connectivity index (χ3v) is 2.35. The molecule has 2 heteroatoms. The maximum Gasteiger partial charge on any atom is 0.130 e. The predicted molar refractivity (Wildman–Crippen MR) is 70.6 cm³/mol. The summed E-state index contributed by atoms with van der Waals surface area (Å²) in [5, 5.41) is 0. The summed E-state index contributed by atoms with van der Waals surface area (Å²) in [6.07, 6.45) is 2.38. The Balaban J connectivity index is 0.00000106. The zero-order chi connectivity index (χ0) is 12.6. The molecule has 1 rings (SSSR count). The molecule has 0 heterocycles. The van der Waals surface area contributed by atoms with Gasteiger partial charge in [0.1, 0.15) is 5.78 Å². The number of benzene rings is 1. The van der Waals surface area contributed by atoms with Gasteiger partial charge in [0.2, 0.25) is 0 Å². The highest BCUT2D eigenvalue weighted by molar-refractivity contribution is 5.75. The van der Waals surface area contributed by atoms with E-state index in [4.69, 9.17) is 5.73 Å². The van der Waals surface area contributed by atoms with Gasteiger partial charge in [-0.25, -0.2) is 0 Å². The Labute approximate surface area is 98.9 Å². The lowest BCUT2D eigenvalue weighted by molar-refractivity contribution is -0.116. The summed E-state index contributed by atoms with van der Waals surface area (Å²) in [5.41, 5.74) is 9.01. The molecule has 0 aliphatic carbocycles. The van der Waals surface area contributed by atoms with Crippen LogP contribution in [-0.2, 0) is 17.6 Å². The smallest absolute Gasteiger partial charge is 0.130 e. The summed E-state index contributed by atoms with van der Waals surface area (Å²) in [7, 11) is 0. The molecule has 2 N–H and O–H groups in total. The zero-order valence-corrected chi connectivity index (χ0v) is 10.8.